The Balaban J connectivity index is 1.73. The van der Waals surface area contributed by atoms with Crippen molar-refractivity contribution in [3.8, 4) is 11.5 Å². The molecule has 2 aromatic carbocycles. The fourth-order valence-electron chi connectivity index (χ4n) is 4.54. The van der Waals surface area contributed by atoms with Crippen molar-refractivity contribution in [1.29, 1.82) is 0 Å². The molecule has 1 saturated heterocycles. The van der Waals surface area contributed by atoms with E-state index < -0.39 is 0 Å². The molecule has 4 nitrogen and oxygen atoms in total. The number of benzene rings is 2. The maximum absolute atomic E-state index is 6.19. The van der Waals surface area contributed by atoms with Gasteiger partial charge < -0.3 is 19.5 Å². The van der Waals surface area contributed by atoms with Crippen LogP contribution in [-0.2, 0) is 16.7 Å². The summed E-state index contributed by atoms with van der Waals surface area (Å²) in [6.07, 6.45) is 4.11. The number of rotatable bonds is 9. The van der Waals surface area contributed by atoms with Crippen molar-refractivity contribution in [3.63, 3.8) is 0 Å². The van der Waals surface area contributed by atoms with E-state index in [0.29, 0.717) is 0 Å². The van der Waals surface area contributed by atoms with E-state index >= 15 is 0 Å². The second-order valence-electron chi connectivity index (χ2n) is 8.33. The van der Waals surface area contributed by atoms with Crippen molar-refractivity contribution in [2.45, 2.75) is 57.1 Å². The number of hydrogen-bond donors (Lipinski definition) is 1. The van der Waals surface area contributed by atoms with Crippen LogP contribution < -0.4 is 14.8 Å². The van der Waals surface area contributed by atoms with Gasteiger partial charge in [-0.3, -0.25) is 0 Å². The van der Waals surface area contributed by atoms with E-state index in [9.17, 15) is 0 Å². The lowest BCUT2D eigenvalue weighted by Gasteiger charge is -2.47. The summed E-state index contributed by atoms with van der Waals surface area (Å²) in [4.78, 5) is 0. The van der Waals surface area contributed by atoms with Crippen LogP contribution in [0.15, 0.2) is 48.5 Å². The van der Waals surface area contributed by atoms with Crippen LogP contribution in [0.3, 0.4) is 0 Å². The molecule has 3 rings (SSSR count). The molecule has 1 aliphatic rings. The van der Waals surface area contributed by atoms with Gasteiger partial charge in [-0.15, -0.1) is 0 Å². The predicted molar refractivity (Wildman–Crippen MR) is 118 cm³/mol. The van der Waals surface area contributed by atoms with Crippen molar-refractivity contribution in [2.75, 3.05) is 27.4 Å². The monoisotopic (exact) mass is 397 g/mol. The van der Waals surface area contributed by atoms with Gasteiger partial charge in [0.05, 0.1) is 19.8 Å². The highest BCUT2D eigenvalue weighted by Gasteiger charge is 2.44. The number of ether oxygens (including phenoxy) is 3. The van der Waals surface area contributed by atoms with Crippen molar-refractivity contribution in [2.24, 2.45) is 0 Å². The van der Waals surface area contributed by atoms with Gasteiger partial charge in [0.1, 0.15) is 11.5 Å². The standard InChI is InChI=1S/C25H35NO3/c1-5-24(2)19-25(15-17-29-24,22-8-6-7-9-23(22)28-4)14-16-26-18-20-10-12-21(27-3)13-11-20/h6-13,26H,5,14-19H2,1-4H3/t24-,25+/m1/s1. The molecule has 1 fully saturated rings. The molecule has 1 N–H and O–H groups in total. The molecular formula is C25H35NO3. The van der Waals surface area contributed by atoms with E-state index in [0.717, 1.165) is 56.9 Å². The van der Waals surface area contributed by atoms with Crippen LogP contribution in [0.1, 0.15) is 50.7 Å². The zero-order valence-corrected chi connectivity index (χ0v) is 18.3. The Kier molecular flexibility index (Phi) is 7.20. The summed E-state index contributed by atoms with van der Waals surface area (Å²) < 4.78 is 17.2. The summed E-state index contributed by atoms with van der Waals surface area (Å²) in [6.45, 7) is 7.07. The lowest BCUT2D eigenvalue weighted by molar-refractivity contribution is -0.0982. The van der Waals surface area contributed by atoms with Crippen molar-refractivity contribution < 1.29 is 14.2 Å². The predicted octanol–water partition coefficient (Wildman–Crippen LogP) is 5.10. The second kappa shape index (κ2) is 9.64. The van der Waals surface area contributed by atoms with Crippen LogP contribution in [0.25, 0.3) is 0 Å². The highest BCUT2D eigenvalue weighted by Crippen LogP contribution is 2.47. The van der Waals surface area contributed by atoms with Gasteiger partial charge in [-0.2, -0.15) is 0 Å². The normalized spacial score (nSPS) is 24.3. The van der Waals surface area contributed by atoms with Gasteiger partial charge in [-0.25, -0.2) is 0 Å². The van der Waals surface area contributed by atoms with E-state index in [1.807, 2.05) is 12.1 Å². The summed E-state index contributed by atoms with van der Waals surface area (Å²) in [5, 5.41) is 3.64. The molecule has 2 atom stereocenters. The first-order chi connectivity index (χ1) is 14.0. The zero-order chi connectivity index (χ0) is 20.7. The molecule has 0 saturated carbocycles. The molecule has 0 unspecified atom stereocenters. The number of hydrogen-bond acceptors (Lipinski definition) is 4. The van der Waals surface area contributed by atoms with Gasteiger partial charge in [0.25, 0.3) is 0 Å². The Labute approximate surface area is 175 Å². The third kappa shape index (κ3) is 5.12. The molecule has 0 aromatic heterocycles. The molecule has 1 aliphatic heterocycles. The molecule has 1 heterocycles. The van der Waals surface area contributed by atoms with E-state index in [1.165, 1.54) is 11.1 Å². The fourth-order valence-corrected chi connectivity index (χ4v) is 4.54. The van der Waals surface area contributed by atoms with Gasteiger partial charge >= 0.3 is 0 Å². The molecule has 158 valence electrons. The zero-order valence-electron chi connectivity index (χ0n) is 18.3. The molecule has 4 heteroatoms. The first-order valence-electron chi connectivity index (χ1n) is 10.7. The van der Waals surface area contributed by atoms with Gasteiger partial charge in [0.15, 0.2) is 0 Å². The Morgan fingerprint density at radius 3 is 2.48 bits per heavy atom. The fraction of sp³-hybridized carbons (Fsp3) is 0.520. The molecule has 0 aliphatic carbocycles. The molecule has 29 heavy (non-hydrogen) atoms. The van der Waals surface area contributed by atoms with Crippen LogP contribution in [0.2, 0.25) is 0 Å². The van der Waals surface area contributed by atoms with Crippen LogP contribution in [0.4, 0.5) is 0 Å². The second-order valence-corrected chi connectivity index (χ2v) is 8.33. The molecule has 0 radical (unpaired) electrons. The van der Waals surface area contributed by atoms with Crippen molar-refractivity contribution in [3.05, 3.63) is 59.7 Å². The number of nitrogens with one attached hydrogen (secondary N) is 1. The third-order valence-electron chi connectivity index (χ3n) is 6.44. The molecule has 0 spiro atoms. The minimum atomic E-state index is -0.0882. The molecule has 0 amide bonds. The summed E-state index contributed by atoms with van der Waals surface area (Å²) in [5.74, 6) is 1.88. The average molecular weight is 398 g/mol. The summed E-state index contributed by atoms with van der Waals surface area (Å²) in [6, 6.07) is 16.8. The molecule has 2 aromatic rings. The molecule has 0 bridgehead atoms. The van der Waals surface area contributed by atoms with Crippen LogP contribution in [0, 0.1) is 0 Å². The van der Waals surface area contributed by atoms with Gasteiger partial charge in [-0.05, 0) is 62.9 Å². The van der Waals surface area contributed by atoms with E-state index in [2.05, 4.69) is 55.6 Å². The highest BCUT2D eigenvalue weighted by atomic mass is 16.5. The van der Waals surface area contributed by atoms with E-state index in [-0.39, 0.29) is 11.0 Å². The largest absolute Gasteiger partial charge is 0.497 e. The first-order valence-corrected chi connectivity index (χ1v) is 10.7. The Morgan fingerprint density at radius 2 is 1.79 bits per heavy atom. The van der Waals surface area contributed by atoms with E-state index in [4.69, 9.17) is 14.2 Å². The van der Waals surface area contributed by atoms with Gasteiger partial charge in [0.2, 0.25) is 0 Å². The summed E-state index contributed by atoms with van der Waals surface area (Å²) in [7, 11) is 3.47. The third-order valence-corrected chi connectivity index (χ3v) is 6.44. The highest BCUT2D eigenvalue weighted by molar-refractivity contribution is 5.40. The topological polar surface area (TPSA) is 39.7 Å². The SMILES string of the molecule is CC[C@]1(C)C[C@@](CCNCc2ccc(OC)cc2)(c2ccccc2OC)CCO1. The van der Waals surface area contributed by atoms with Crippen molar-refractivity contribution >= 4 is 0 Å². The van der Waals surface area contributed by atoms with Crippen LogP contribution in [-0.4, -0.2) is 33.0 Å². The average Bonchev–Trinajstić information content (AvgIpc) is 2.77. The first kappa shape index (κ1) is 21.7. The summed E-state index contributed by atoms with van der Waals surface area (Å²) in [5.41, 5.74) is 2.55. The van der Waals surface area contributed by atoms with Gasteiger partial charge in [0, 0.05) is 24.1 Å². The summed E-state index contributed by atoms with van der Waals surface area (Å²) >= 11 is 0. The van der Waals surface area contributed by atoms with Crippen LogP contribution in [0.5, 0.6) is 11.5 Å². The minimum Gasteiger partial charge on any atom is -0.497 e. The maximum Gasteiger partial charge on any atom is 0.122 e. The van der Waals surface area contributed by atoms with E-state index in [1.54, 1.807) is 14.2 Å². The molecular weight excluding hydrogens is 362 g/mol. The van der Waals surface area contributed by atoms with Gasteiger partial charge in [-0.1, -0.05) is 37.3 Å². The maximum atomic E-state index is 6.19. The quantitative estimate of drug-likeness (QED) is 0.598. The van der Waals surface area contributed by atoms with Crippen LogP contribution >= 0.6 is 0 Å². The minimum absolute atomic E-state index is 0.0581. The Hall–Kier alpha value is -2.04. The lowest BCUT2D eigenvalue weighted by Crippen LogP contribution is -2.46. The number of methoxy groups -OCH3 is 2. The smallest absolute Gasteiger partial charge is 0.122 e. The lowest BCUT2D eigenvalue weighted by atomic mass is 9.66. The Morgan fingerprint density at radius 1 is 1.03 bits per heavy atom. The number of para-hydroxylation sites is 1. The van der Waals surface area contributed by atoms with Crippen molar-refractivity contribution in [1.82, 2.24) is 5.32 Å². The Bertz CT molecular complexity index is 776.